The summed E-state index contributed by atoms with van der Waals surface area (Å²) in [7, 11) is 1.97. The van der Waals surface area contributed by atoms with Gasteiger partial charge < -0.3 is 4.74 Å². The normalized spacial score (nSPS) is 16.9. The molecule has 1 aliphatic rings. The van der Waals surface area contributed by atoms with Crippen LogP contribution >= 0.6 is 0 Å². The topological polar surface area (TPSA) is 42.4 Å². The molecule has 0 saturated heterocycles. The lowest BCUT2D eigenvalue weighted by Gasteiger charge is -2.31. The highest BCUT2D eigenvalue weighted by atomic mass is 16.5. The number of esters is 1. The molecule has 0 fully saturated rings. The average molecular weight is 310 g/mol. The largest absolute Gasteiger partial charge is 0.460 e. The van der Waals surface area contributed by atoms with Gasteiger partial charge in [0.25, 0.3) is 0 Å². The highest BCUT2D eigenvalue weighted by Gasteiger charge is 2.26. The molecule has 4 heteroatoms. The Morgan fingerprint density at radius 2 is 2.09 bits per heavy atom. The third kappa shape index (κ3) is 3.96. The second-order valence-electron chi connectivity index (χ2n) is 6.02. The van der Waals surface area contributed by atoms with Crippen LogP contribution in [-0.4, -0.2) is 29.4 Å². The van der Waals surface area contributed by atoms with Crippen LogP contribution in [0.2, 0.25) is 0 Å². The molecule has 0 saturated carbocycles. The van der Waals surface area contributed by atoms with E-state index in [1.54, 1.807) is 0 Å². The van der Waals surface area contributed by atoms with Crippen LogP contribution < -0.4 is 0 Å². The molecule has 0 aliphatic heterocycles. The Labute approximate surface area is 137 Å². The first kappa shape index (κ1) is 15.7. The van der Waals surface area contributed by atoms with Gasteiger partial charge in [0.15, 0.2) is 0 Å². The fourth-order valence-corrected chi connectivity index (χ4v) is 3.11. The van der Waals surface area contributed by atoms with Gasteiger partial charge in [0.1, 0.15) is 6.61 Å². The minimum Gasteiger partial charge on any atom is -0.460 e. The quantitative estimate of drug-likeness (QED) is 0.796. The van der Waals surface area contributed by atoms with Crippen LogP contribution in [0.1, 0.15) is 35.7 Å². The van der Waals surface area contributed by atoms with Crippen molar-refractivity contribution in [3.8, 4) is 0 Å². The van der Waals surface area contributed by atoms with Gasteiger partial charge in [-0.15, -0.1) is 0 Å². The second-order valence-corrected chi connectivity index (χ2v) is 6.02. The van der Waals surface area contributed by atoms with E-state index in [1.807, 2.05) is 49.6 Å². The standard InChI is InChI=1S/C19H22N2O2/c1-21(13-18(22)23-14-15-7-3-2-4-8-15)17-11-5-9-16-10-6-12-20-19(16)17/h2-4,6-8,10,12,17H,5,9,11,13-14H2,1H3. The first-order valence-corrected chi connectivity index (χ1v) is 8.07. The lowest BCUT2D eigenvalue weighted by Crippen LogP contribution is -2.33. The molecule has 1 aromatic carbocycles. The number of carbonyl (C=O) groups is 1. The summed E-state index contributed by atoms with van der Waals surface area (Å²) in [5, 5.41) is 0. The number of ether oxygens (including phenoxy) is 1. The molecule has 0 spiro atoms. The molecule has 120 valence electrons. The van der Waals surface area contributed by atoms with E-state index in [-0.39, 0.29) is 18.6 Å². The molecule has 1 atom stereocenters. The van der Waals surface area contributed by atoms with Gasteiger partial charge in [0, 0.05) is 6.20 Å². The minimum atomic E-state index is -0.195. The molecule has 0 bridgehead atoms. The Balaban J connectivity index is 1.57. The number of likely N-dealkylation sites (N-methyl/N-ethyl adjacent to an activating group) is 1. The van der Waals surface area contributed by atoms with Crippen LogP contribution in [0.5, 0.6) is 0 Å². The predicted molar refractivity (Wildman–Crippen MR) is 88.8 cm³/mol. The van der Waals surface area contributed by atoms with Gasteiger partial charge in [-0.3, -0.25) is 14.7 Å². The number of rotatable bonds is 5. The lowest BCUT2D eigenvalue weighted by molar-refractivity contribution is -0.146. The summed E-state index contributed by atoms with van der Waals surface area (Å²) in [6, 6.07) is 14.1. The molecule has 0 radical (unpaired) electrons. The summed E-state index contributed by atoms with van der Waals surface area (Å²) in [4.78, 5) is 18.7. The van der Waals surface area contributed by atoms with E-state index in [4.69, 9.17) is 4.74 Å². The Hall–Kier alpha value is -2.20. The van der Waals surface area contributed by atoms with Gasteiger partial charge in [-0.25, -0.2) is 0 Å². The zero-order chi connectivity index (χ0) is 16.1. The SMILES string of the molecule is CN(CC(=O)OCc1ccccc1)C1CCCc2cccnc21. The van der Waals surface area contributed by atoms with Crippen LogP contribution in [-0.2, 0) is 22.6 Å². The van der Waals surface area contributed by atoms with Gasteiger partial charge in [0.05, 0.1) is 18.3 Å². The van der Waals surface area contributed by atoms with Crippen LogP contribution in [0.25, 0.3) is 0 Å². The Morgan fingerprint density at radius 1 is 1.26 bits per heavy atom. The third-order valence-corrected chi connectivity index (χ3v) is 4.32. The Bertz CT molecular complexity index is 657. The maximum atomic E-state index is 12.1. The van der Waals surface area contributed by atoms with E-state index < -0.39 is 0 Å². The molecule has 3 rings (SSSR count). The highest BCUT2D eigenvalue weighted by molar-refractivity contribution is 5.71. The van der Waals surface area contributed by atoms with Gasteiger partial charge in [0.2, 0.25) is 0 Å². The van der Waals surface area contributed by atoms with E-state index >= 15 is 0 Å². The molecule has 0 amide bonds. The molecule has 1 aliphatic carbocycles. The fraction of sp³-hybridized carbons (Fsp3) is 0.368. The molecule has 4 nitrogen and oxygen atoms in total. The van der Waals surface area contributed by atoms with Crippen molar-refractivity contribution in [2.24, 2.45) is 0 Å². The van der Waals surface area contributed by atoms with Gasteiger partial charge in [-0.1, -0.05) is 36.4 Å². The lowest BCUT2D eigenvalue weighted by atomic mass is 9.91. The number of fused-ring (bicyclic) bond motifs is 1. The van der Waals surface area contributed by atoms with Crippen LogP contribution in [0.3, 0.4) is 0 Å². The monoisotopic (exact) mass is 310 g/mol. The molecule has 1 aromatic heterocycles. The summed E-state index contributed by atoms with van der Waals surface area (Å²) < 4.78 is 5.38. The van der Waals surface area contributed by atoms with Crippen molar-refractivity contribution >= 4 is 5.97 Å². The summed E-state index contributed by atoms with van der Waals surface area (Å²) in [6.07, 6.45) is 5.07. The van der Waals surface area contributed by atoms with Crippen molar-refractivity contribution in [2.75, 3.05) is 13.6 Å². The highest BCUT2D eigenvalue weighted by Crippen LogP contribution is 2.31. The molecule has 2 aromatic rings. The third-order valence-electron chi connectivity index (χ3n) is 4.32. The van der Waals surface area contributed by atoms with Gasteiger partial charge >= 0.3 is 5.97 Å². The molecular weight excluding hydrogens is 288 g/mol. The number of aryl methyl sites for hydroxylation is 1. The first-order chi connectivity index (χ1) is 11.2. The Kier molecular flexibility index (Phi) is 5.03. The number of benzene rings is 1. The molecular formula is C19H22N2O2. The van der Waals surface area contributed by atoms with E-state index in [2.05, 4.69) is 16.0 Å². The molecule has 1 heterocycles. The first-order valence-electron chi connectivity index (χ1n) is 8.07. The number of hydrogen-bond donors (Lipinski definition) is 0. The summed E-state index contributed by atoms with van der Waals surface area (Å²) >= 11 is 0. The second kappa shape index (κ2) is 7.38. The maximum absolute atomic E-state index is 12.1. The summed E-state index contributed by atoms with van der Waals surface area (Å²) in [5.74, 6) is -0.195. The van der Waals surface area contributed by atoms with Crippen LogP contribution in [0.15, 0.2) is 48.7 Å². The van der Waals surface area contributed by atoms with Crippen molar-refractivity contribution in [3.63, 3.8) is 0 Å². The predicted octanol–water partition coefficient (Wildman–Crippen LogP) is 3.13. The fourth-order valence-electron chi connectivity index (χ4n) is 3.11. The van der Waals surface area contributed by atoms with Gasteiger partial charge in [-0.05, 0) is 43.5 Å². The number of nitrogens with zero attached hydrogens (tertiary/aromatic N) is 2. The van der Waals surface area contributed by atoms with Gasteiger partial charge in [-0.2, -0.15) is 0 Å². The van der Waals surface area contributed by atoms with E-state index in [0.29, 0.717) is 6.61 Å². The average Bonchev–Trinajstić information content (AvgIpc) is 2.60. The zero-order valence-electron chi connectivity index (χ0n) is 13.4. The maximum Gasteiger partial charge on any atom is 0.320 e. The van der Waals surface area contributed by atoms with Crippen molar-refractivity contribution in [2.45, 2.75) is 31.9 Å². The number of hydrogen-bond acceptors (Lipinski definition) is 4. The Morgan fingerprint density at radius 3 is 2.91 bits per heavy atom. The number of carbonyl (C=O) groups excluding carboxylic acids is 1. The smallest absolute Gasteiger partial charge is 0.320 e. The minimum absolute atomic E-state index is 0.195. The summed E-state index contributed by atoms with van der Waals surface area (Å²) in [5.41, 5.74) is 3.42. The molecule has 23 heavy (non-hydrogen) atoms. The summed E-state index contributed by atoms with van der Waals surface area (Å²) in [6.45, 7) is 0.612. The zero-order valence-corrected chi connectivity index (χ0v) is 13.4. The van der Waals surface area contributed by atoms with Crippen LogP contribution in [0, 0.1) is 0 Å². The van der Waals surface area contributed by atoms with E-state index in [9.17, 15) is 4.79 Å². The number of aromatic nitrogens is 1. The molecule has 0 N–H and O–H groups in total. The number of pyridine rings is 1. The molecule has 1 unspecified atom stereocenters. The van der Waals surface area contributed by atoms with Crippen molar-refractivity contribution in [1.82, 2.24) is 9.88 Å². The van der Waals surface area contributed by atoms with E-state index in [1.165, 1.54) is 5.56 Å². The van der Waals surface area contributed by atoms with Crippen LogP contribution in [0.4, 0.5) is 0 Å². The van der Waals surface area contributed by atoms with Crippen molar-refractivity contribution in [1.29, 1.82) is 0 Å². The van der Waals surface area contributed by atoms with Crippen molar-refractivity contribution in [3.05, 3.63) is 65.5 Å². The van der Waals surface area contributed by atoms with E-state index in [0.717, 1.165) is 30.5 Å². The van der Waals surface area contributed by atoms with Crippen molar-refractivity contribution < 1.29 is 9.53 Å².